The number of carbonyl (C=O) groups is 1. The van der Waals surface area contributed by atoms with E-state index in [4.69, 9.17) is 4.74 Å². The lowest BCUT2D eigenvalue weighted by Gasteiger charge is -2.18. The van der Waals surface area contributed by atoms with E-state index in [9.17, 15) is 13.2 Å². The van der Waals surface area contributed by atoms with Crippen molar-refractivity contribution in [1.82, 2.24) is 4.31 Å². The second-order valence-electron chi connectivity index (χ2n) is 5.91. The Morgan fingerprint density at radius 2 is 1.63 bits per heavy atom. The summed E-state index contributed by atoms with van der Waals surface area (Å²) in [5.41, 5.74) is 1.83. The molecule has 6 nitrogen and oxygen atoms in total. The summed E-state index contributed by atoms with van der Waals surface area (Å²) in [5.74, 6) is 0.170. The normalized spacial score (nSPS) is 11.4. The average Bonchev–Trinajstić information content (AvgIpc) is 2.68. The minimum absolute atomic E-state index is 0.153. The van der Waals surface area contributed by atoms with E-state index in [-0.39, 0.29) is 17.4 Å². The fourth-order valence-corrected chi connectivity index (χ4v) is 4.16. The number of ether oxygens (including phenoxy) is 1. The highest BCUT2D eigenvalue weighted by Gasteiger charge is 2.21. The van der Waals surface area contributed by atoms with E-state index in [1.165, 1.54) is 16.4 Å². The van der Waals surface area contributed by atoms with Crippen molar-refractivity contribution in [3.8, 4) is 5.75 Å². The zero-order valence-electron chi connectivity index (χ0n) is 15.9. The first-order valence-corrected chi connectivity index (χ1v) is 10.5. The fourth-order valence-electron chi connectivity index (χ4n) is 2.71. The summed E-state index contributed by atoms with van der Waals surface area (Å²) in [7, 11) is -3.50. The molecule has 0 fully saturated rings. The van der Waals surface area contributed by atoms with Gasteiger partial charge in [-0.05, 0) is 42.3 Å². The SMILES string of the molecule is CCc1ccccc1NC(=O)COc1ccc(S(=O)(=O)N(CC)CC)cc1. The molecule has 0 aliphatic carbocycles. The molecule has 1 amide bonds. The molecule has 27 heavy (non-hydrogen) atoms. The van der Waals surface area contributed by atoms with Crippen LogP contribution < -0.4 is 10.1 Å². The number of hydrogen-bond donors (Lipinski definition) is 1. The number of benzene rings is 2. The van der Waals surface area contributed by atoms with Gasteiger partial charge in [0.15, 0.2) is 6.61 Å². The highest BCUT2D eigenvalue weighted by molar-refractivity contribution is 7.89. The summed E-state index contributed by atoms with van der Waals surface area (Å²) in [4.78, 5) is 12.3. The van der Waals surface area contributed by atoms with E-state index in [2.05, 4.69) is 5.32 Å². The Hall–Kier alpha value is -2.38. The number of nitrogens with one attached hydrogen (secondary N) is 1. The Kier molecular flexibility index (Phi) is 7.38. The first kappa shape index (κ1) is 20.9. The van der Waals surface area contributed by atoms with Crippen LogP contribution in [0.25, 0.3) is 0 Å². The van der Waals surface area contributed by atoms with Crippen LogP contribution >= 0.6 is 0 Å². The Labute approximate surface area is 161 Å². The smallest absolute Gasteiger partial charge is 0.262 e. The van der Waals surface area contributed by atoms with Crippen LogP contribution in [0, 0.1) is 0 Å². The van der Waals surface area contributed by atoms with E-state index in [1.54, 1.807) is 26.0 Å². The van der Waals surface area contributed by atoms with Crippen LogP contribution in [0.5, 0.6) is 5.75 Å². The van der Waals surface area contributed by atoms with Crippen LogP contribution in [0.1, 0.15) is 26.3 Å². The largest absolute Gasteiger partial charge is 0.484 e. The van der Waals surface area contributed by atoms with E-state index in [0.717, 1.165) is 17.7 Å². The van der Waals surface area contributed by atoms with E-state index < -0.39 is 10.0 Å². The summed E-state index contributed by atoms with van der Waals surface area (Å²) in [6, 6.07) is 13.7. The minimum Gasteiger partial charge on any atom is -0.484 e. The maximum Gasteiger partial charge on any atom is 0.262 e. The summed E-state index contributed by atoms with van der Waals surface area (Å²) >= 11 is 0. The second kappa shape index (κ2) is 9.53. The van der Waals surface area contributed by atoms with E-state index in [1.807, 2.05) is 31.2 Å². The van der Waals surface area contributed by atoms with Gasteiger partial charge in [-0.1, -0.05) is 39.0 Å². The molecule has 0 aliphatic rings. The van der Waals surface area contributed by atoms with Gasteiger partial charge in [0, 0.05) is 18.8 Å². The first-order valence-electron chi connectivity index (χ1n) is 9.03. The molecule has 0 spiro atoms. The van der Waals surface area contributed by atoms with E-state index in [0.29, 0.717) is 18.8 Å². The van der Waals surface area contributed by atoms with Gasteiger partial charge in [-0.25, -0.2) is 8.42 Å². The van der Waals surface area contributed by atoms with Crippen molar-refractivity contribution in [2.75, 3.05) is 25.0 Å². The van der Waals surface area contributed by atoms with Crippen molar-refractivity contribution in [3.05, 3.63) is 54.1 Å². The standard InChI is InChI=1S/C20H26N2O4S/c1-4-16-9-7-8-10-19(16)21-20(23)15-26-17-11-13-18(14-12-17)27(24,25)22(5-2)6-3/h7-14H,4-6,15H2,1-3H3,(H,21,23). The van der Waals surface area contributed by atoms with Gasteiger partial charge < -0.3 is 10.1 Å². The number of sulfonamides is 1. The predicted molar refractivity (Wildman–Crippen MR) is 106 cm³/mol. The van der Waals surface area contributed by atoms with Gasteiger partial charge in [0.25, 0.3) is 5.91 Å². The monoisotopic (exact) mass is 390 g/mol. The van der Waals surface area contributed by atoms with Gasteiger partial charge in [0.1, 0.15) is 5.75 Å². The maximum absolute atomic E-state index is 12.5. The Bertz CT molecular complexity index is 860. The Balaban J connectivity index is 1.98. The first-order chi connectivity index (χ1) is 12.9. The number of anilines is 1. The molecular weight excluding hydrogens is 364 g/mol. The minimum atomic E-state index is -3.50. The molecule has 0 bridgehead atoms. The average molecular weight is 391 g/mol. The summed E-state index contributed by atoms with van der Waals surface area (Å²) in [5, 5.41) is 2.83. The number of hydrogen-bond acceptors (Lipinski definition) is 4. The third-order valence-corrected chi connectivity index (χ3v) is 6.27. The summed E-state index contributed by atoms with van der Waals surface area (Å²) in [6.45, 7) is 6.30. The zero-order chi connectivity index (χ0) is 19.9. The number of aryl methyl sites for hydroxylation is 1. The van der Waals surface area contributed by atoms with Crippen LogP contribution in [-0.2, 0) is 21.2 Å². The highest BCUT2D eigenvalue weighted by Crippen LogP contribution is 2.20. The van der Waals surface area contributed by atoms with Crippen LogP contribution in [0.3, 0.4) is 0 Å². The van der Waals surface area contributed by atoms with Crippen molar-refractivity contribution < 1.29 is 17.9 Å². The van der Waals surface area contributed by atoms with Crippen molar-refractivity contribution in [3.63, 3.8) is 0 Å². The highest BCUT2D eigenvalue weighted by atomic mass is 32.2. The quantitative estimate of drug-likeness (QED) is 0.713. The second-order valence-corrected chi connectivity index (χ2v) is 7.85. The van der Waals surface area contributed by atoms with Gasteiger partial charge in [-0.2, -0.15) is 4.31 Å². The molecule has 1 N–H and O–H groups in total. The summed E-state index contributed by atoms with van der Waals surface area (Å²) < 4.78 is 31.8. The predicted octanol–water partition coefficient (Wildman–Crippen LogP) is 3.30. The molecule has 0 saturated carbocycles. The number of carbonyl (C=O) groups excluding carboxylic acids is 1. The fraction of sp³-hybridized carbons (Fsp3) is 0.350. The lowest BCUT2D eigenvalue weighted by Crippen LogP contribution is -2.30. The number of para-hydroxylation sites is 1. The third kappa shape index (κ3) is 5.30. The molecule has 2 aromatic rings. The van der Waals surface area contributed by atoms with Gasteiger partial charge in [0.2, 0.25) is 10.0 Å². The van der Waals surface area contributed by atoms with Gasteiger partial charge >= 0.3 is 0 Å². The molecular formula is C20H26N2O4S. The van der Waals surface area contributed by atoms with Crippen molar-refractivity contribution in [2.45, 2.75) is 32.1 Å². The molecule has 0 aromatic heterocycles. The molecule has 0 heterocycles. The number of amides is 1. The molecule has 0 atom stereocenters. The third-order valence-electron chi connectivity index (χ3n) is 4.21. The van der Waals surface area contributed by atoms with Gasteiger partial charge in [0.05, 0.1) is 4.90 Å². The topological polar surface area (TPSA) is 75.7 Å². The van der Waals surface area contributed by atoms with E-state index >= 15 is 0 Å². The lowest BCUT2D eigenvalue weighted by molar-refractivity contribution is -0.118. The van der Waals surface area contributed by atoms with Crippen LogP contribution in [-0.4, -0.2) is 38.3 Å². The molecule has 2 rings (SSSR count). The van der Waals surface area contributed by atoms with Crippen LogP contribution in [0.15, 0.2) is 53.4 Å². The lowest BCUT2D eigenvalue weighted by atomic mass is 10.1. The van der Waals surface area contributed by atoms with Crippen molar-refractivity contribution in [2.24, 2.45) is 0 Å². The summed E-state index contributed by atoms with van der Waals surface area (Å²) in [6.07, 6.45) is 0.819. The Morgan fingerprint density at radius 3 is 2.22 bits per heavy atom. The van der Waals surface area contributed by atoms with Gasteiger partial charge in [-0.3, -0.25) is 4.79 Å². The molecule has 7 heteroatoms. The maximum atomic E-state index is 12.5. The molecule has 0 unspecified atom stereocenters. The van der Waals surface area contributed by atoms with Crippen LogP contribution in [0.2, 0.25) is 0 Å². The molecule has 146 valence electrons. The molecule has 0 saturated heterocycles. The van der Waals surface area contributed by atoms with Crippen molar-refractivity contribution in [1.29, 1.82) is 0 Å². The van der Waals surface area contributed by atoms with Crippen molar-refractivity contribution >= 4 is 21.6 Å². The number of rotatable bonds is 9. The zero-order valence-corrected chi connectivity index (χ0v) is 16.8. The van der Waals surface area contributed by atoms with Crippen LogP contribution in [0.4, 0.5) is 5.69 Å². The Morgan fingerprint density at radius 1 is 1.00 bits per heavy atom. The molecule has 0 aliphatic heterocycles. The van der Waals surface area contributed by atoms with Gasteiger partial charge in [-0.15, -0.1) is 0 Å². The molecule has 0 radical (unpaired) electrons. The molecule has 2 aromatic carbocycles. The number of nitrogens with zero attached hydrogens (tertiary/aromatic N) is 1.